The van der Waals surface area contributed by atoms with Crippen LogP contribution in [0.4, 0.5) is 0 Å². The Morgan fingerprint density at radius 2 is 1.87 bits per heavy atom. The monoisotopic (exact) mass is 318 g/mol. The lowest BCUT2D eigenvalue weighted by molar-refractivity contribution is 0.00578. The van der Waals surface area contributed by atoms with Gasteiger partial charge in [0.1, 0.15) is 12.0 Å². The summed E-state index contributed by atoms with van der Waals surface area (Å²) in [5.41, 5.74) is 0.825. The molecule has 0 atom stereocenters. The van der Waals surface area contributed by atoms with Crippen molar-refractivity contribution in [2.75, 3.05) is 13.7 Å². The van der Waals surface area contributed by atoms with Crippen LogP contribution in [0.1, 0.15) is 43.6 Å². The van der Waals surface area contributed by atoms with Crippen LogP contribution in [-0.4, -0.2) is 43.4 Å². The van der Waals surface area contributed by atoms with Crippen molar-refractivity contribution in [3.63, 3.8) is 0 Å². The van der Waals surface area contributed by atoms with Crippen molar-refractivity contribution in [2.24, 2.45) is 0 Å². The highest BCUT2D eigenvalue weighted by molar-refractivity contribution is 6.55. The number of carbonyl (C=O) groups excluding carboxylic acids is 1. The van der Waals surface area contributed by atoms with E-state index in [0.29, 0.717) is 22.3 Å². The highest BCUT2D eigenvalue weighted by Crippen LogP contribution is 2.39. The van der Waals surface area contributed by atoms with Crippen molar-refractivity contribution >= 4 is 19.5 Å². The zero-order chi connectivity index (χ0) is 17.3. The molecular formula is C17H23BO5. The molecule has 0 unspecified atom stereocenters. The van der Waals surface area contributed by atoms with E-state index in [-0.39, 0.29) is 6.61 Å². The minimum absolute atomic E-state index is 0.217. The number of hydrogen-bond acceptors (Lipinski definition) is 5. The molecule has 1 aliphatic rings. The van der Waals surface area contributed by atoms with Crippen LogP contribution in [0.25, 0.3) is 6.08 Å². The zero-order valence-electron chi connectivity index (χ0n) is 14.3. The van der Waals surface area contributed by atoms with Crippen molar-refractivity contribution in [3.05, 3.63) is 34.8 Å². The van der Waals surface area contributed by atoms with Crippen molar-refractivity contribution in [3.8, 4) is 5.75 Å². The van der Waals surface area contributed by atoms with Gasteiger partial charge in [0.05, 0.1) is 24.9 Å². The maximum atomic E-state index is 11.0. The molecule has 0 aromatic heterocycles. The first-order valence-corrected chi connectivity index (χ1v) is 7.54. The van der Waals surface area contributed by atoms with Gasteiger partial charge >= 0.3 is 7.12 Å². The first-order valence-electron chi connectivity index (χ1n) is 7.54. The van der Waals surface area contributed by atoms with Gasteiger partial charge in [0, 0.05) is 11.1 Å². The Labute approximate surface area is 137 Å². The predicted molar refractivity (Wildman–Crippen MR) is 89.5 cm³/mol. The van der Waals surface area contributed by atoms with Gasteiger partial charge in [0.25, 0.3) is 0 Å². The highest BCUT2D eigenvalue weighted by Gasteiger charge is 2.52. The summed E-state index contributed by atoms with van der Waals surface area (Å²) in [5.74, 6) is 0.609. The normalized spacial score (nSPS) is 19.7. The lowest BCUT2D eigenvalue weighted by Crippen LogP contribution is -2.41. The van der Waals surface area contributed by atoms with Crippen molar-refractivity contribution < 1.29 is 23.9 Å². The molecule has 2 rings (SSSR count). The number of rotatable bonds is 5. The maximum absolute atomic E-state index is 11.0. The van der Waals surface area contributed by atoms with Crippen LogP contribution >= 0.6 is 0 Å². The fraction of sp³-hybridized carbons (Fsp3) is 0.471. The van der Waals surface area contributed by atoms with E-state index in [1.165, 1.54) is 0 Å². The van der Waals surface area contributed by atoms with Gasteiger partial charge in [-0.05, 0) is 51.4 Å². The Kier molecular flexibility index (Phi) is 4.99. The zero-order valence-corrected chi connectivity index (χ0v) is 14.3. The van der Waals surface area contributed by atoms with E-state index in [1.807, 2.05) is 27.7 Å². The molecular weight excluding hydrogens is 295 g/mol. The first kappa shape index (κ1) is 17.7. The minimum Gasteiger partial charge on any atom is -0.496 e. The van der Waals surface area contributed by atoms with Gasteiger partial charge < -0.3 is 19.2 Å². The second kappa shape index (κ2) is 6.47. The molecule has 1 N–H and O–H groups in total. The van der Waals surface area contributed by atoms with Crippen molar-refractivity contribution in [2.45, 2.75) is 38.9 Å². The Balaban J connectivity index is 2.39. The van der Waals surface area contributed by atoms with E-state index in [2.05, 4.69) is 0 Å². The summed E-state index contributed by atoms with van der Waals surface area (Å²) in [6, 6.07) is 5.10. The summed E-state index contributed by atoms with van der Waals surface area (Å²) < 4.78 is 17.2. The van der Waals surface area contributed by atoms with Crippen LogP contribution < -0.4 is 4.74 Å². The van der Waals surface area contributed by atoms with E-state index in [9.17, 15) is 9.90 Å². The Hall–Kier alpha value is -1.63. The van der Waals surface area contributed by atoms with Gasteiger partial charge in [-0.3, -0.25) is 4.79 Å². The molecule has 0 bridgehead atoms. The number of benzene rings is 1. The van der Waals surface area contributed by atoms with Crippen LogP contribution in [0.3, 0.4) is 0 Å². The third kappa shape index (κ3) is 3.49. The molecule has 1 saturated heterocycles. The molecule has 0 spiro atoms. The van der Waals surface area contributed by atoms with Crippen LogP contribution in [0.2, 0.25) is 0 Å². The molecule has 0 amide bonds. The molecule has 0 radical (unpaired) electrons. The Morgan fingerprint density at radius 3 is 2.35 bits per heavy atom. The number of ether oxygens (including phenoxy) is 1. The number of aliphatic hydroxyl groups excluding tert-OH is 1. The molecule has 1 heterocycles. The summed E-state index contributed by atoms with van der Waals surface area (Å²) in [7, 11) is 0.912. The Morgan fingerprint density at radius 1 is 1.26 bits per heavy atom. The van der Waals surface area contributed by atoms with Crippen LogP contribution in [0.5, 0.6) is 5.75 Å². The molecule has 0 saturated carbocycles. The van der Waals surface area contributed by atoms with Crippen LogP contribution in [-0.2, 0) is 9.31 Å². The largest absolute Gasteiger partial charge is 0.496 e. The fourth-order valence-corrected chi connectivity index (χ4v) is 2.32. The number of aldehydes is 1. The molecule has 5 nitrogen and oxygen atoms in total. The van der Waals surface area contributed by atoms with Crippen molar-refractivity contribution in [1.29, 1.82) is 0 Å². The van der Waals surface area contributed by atoms with Gasteiger partial charge in [-0.2, -0.15) is 0 Å². The van der Waals surface area contributed by atoms with Gasteiger partial charge in [-0.1, -0.05) is 6.08 Å². The molecule has 1 fully saturated rings. The van der Waals surface area contributed by atoms with Gasteiger partial charge in [-0.25, -0.2) is 0 Å². The molecule has 124 valence electrons. The van der Waals surface area contributed by atoms with E-state index < -0.39 is 18.3 Å². The third-order valence-corrected chi connectivity index (χ3v) is 4.47. The lowest BCUT2D eigenvalue weighted by Gasteiger charge is -2.32. The number of methoxy groups -OCH3 is 1. The summed E-state index contributed by atoms with van der Waals surface area (Å²) in [5, 5.41) is 9.74. The van der Waals surface area contributed by atoms with Crippen molar-refractivity contribution in [1.82, 2.24) is 0 Å². The van der Waals surface area contributed by atoms with Crippen LogP contribution in [0.15, 0.2) is 23.7 Å². The highest BCUT2D eigenvalue weighted by atomic mass is 16.7. The topological polar surface area (TPSA) is 65.0 Å². The fourth-order valence-electron chi connectivity index (χ4n) is 2.32. The van der Waals surface area contributed by atoms with Gasteiger partial charge in [0.2, 0.25) is 0 Å². The first-order chi connectivity index (χ1) is 10.7. The van der Waals surface area contributed by atoms with Crippen LogP contribution in [0, 0.1) is 0 Å². The molecule has 1 aromatic carbocycles. The molecule has 1 aliphatic heterocycles. The predicted octanol–water partition coefficient (Wildman–Crippen LogP) is 2.51. The standard InChI is InChI=1S/C17H23BO5/c1-16(2)17(3,4)23-18(22-16)14(11-20)9-13-8-12(10-19)6-7-15(13)21-5/h6-10,20H,11H2,1-5H3. The Bertz CT molecular complexity index is 605. The quantitative estimate of drug-likeness (QED) is 0.667. The summed E-state index contributed by atoms with van der Waals surface area (Å²) >= 11 is 0. The third-order valence-electron chi connectivity index (χ3n) is 4.47. The van der Waals surface area contributed by atoms with E-state index in [1.54, 1.807) is 31.4 Å². The lowest BCUT2D eigenvalue weighted by atomic mass is 9.77. The number of hydrogen-bond donors (Lipinski definition) is 1. The second-order valence-corrected chi connectivity index (χ2v) is 6.58. The van der Waals surface area contributed by atoms with Gasteiger partial charge in [0.15, 0.2) is 0 Å². The smallest absolute Gasteiger partial charge is 0.492 e. The average Bonchev–Trinajstić information content (AvgIpc) is 2.72. The molecule has 6 heteroatoms. The second-order valence-electron chi connectivity index (χ2n) is 6.58. The van der Waals surface area contributed by atoms with E-state index in [0.717, 1.165) is 6.29 Å². The molecule has 23 heavy (non-hydrogen) atoms. The minimum atomic E-state index is -0.644. The van der Waals surface area contributed by atoms with Gasteiger partial charge in [-0.15, -0.1) is 0 Å². The summed E-state index contributed by atoms with van der Waals surface area (Å²) in [4.78, 5) is 11.0. The summed E-state index contributed by atoms with van der Waals surface area (Å²) in [6.07, 6.45) is 2.51. The molecule has 0 aliphatic carbocycles. The SMILES string of the molecule is COc1ccc(C=O)cc1C=C(CO)B1OC(C)(C)C(C)(C)O1. The maximum Gasteiger partial charge on any atom is 0.492 e. The number of carbonyl (C=O) groups is 1. The van der Waals surface area contributed by atoms with E-state index >= 15 is 0 Å². The molecule has 1 aromatic rings. The van der Waals surface area contributed by atoms with E-state index in [4.69, 9.17) is 14.0 Å². The summed E-state index contributed by atoms with van der Waals surface area (Å²) in [6.45, 7) is 7.60. The average molecular weight is 318 g/mol. The number of aliphatic hydroxyl groups is 1.